The Morgan fingerprint density at radius 3 is 3.25 bits per heavy atom. The van der Waals surface area contributed by atoms with Gasteiger partial charge < -0.3 is 10.1 Å². The summed E-state index contributed by atoms with van der Waals surface area (Å²) in [5.41, 5.74) is 1.26. The van der Waals surface area contributed by atoms with E-state index >= 15 is 0 Å². The molecule has 1 aliphatic heterocycles. The highest BCUT2D eigenvalue weighted by atomic mass is 32.2. The van der Waals surface area contributed by atoms with Crippen LogP contribution in [0.15, 0.2) is 35.4 Å². The zero-order valence-electron chi connectivity index (χ0n) is 11.1. The number of nitrogens with one attached hydrogen (secondary N) is 1. The number of nitrogens with zero attached hydrogens (tertiary/aromatic N) is 2. The third kappa shape index (κ3) is 2.51. The second kappa shape index (κ2) is 5.58. The lowest BCUT2D eigenvalue weighted by Crippen LogP contribution is -2.18. The van der Waals surface area contributed by atoms with Gasteiger partial charge in [0.15, 0.2) is 0 Å². The average molecular weight is 289 g/mol. The van der Waals surface area contributed by atoms with Crippen LogP contribution in [0, 0.1) is 0 Å². The summed E-state index contributed by atoms with van der Waals surface area (Å²) in [5, 5.41) is 7.06. The summed E-state index contributed by atoms with van der Waals surface area (Å²) in [7, 11) is 0. The van der Waals surface area contributed by atoms with E-state index in [-0.39, 0.29) is 5.91 Å². The Morgan fingerprint density at radius 2 is 2.40 bits per heavy atom. The summed E-state index contributed by atoms with van der Waals surface area (Å²) in [6.45, 7) is 1.43. The minimum absolute atomic E-state index is 0.189. The molecule has 0 radical (unpaired) electrons. The molecule has 0 fully saturated rings. The van der Waals surface area contributed by atoms with Gasteiger partial charge in [0.1, 0.15) is 5.56 Å². The van der Waals surface area contributed by atoms with Gasteiger partial charge in [0.25, 0.3) is 5.91 Å². The van der Waals surface area contributed by atoms with Crippen molar-refractivity contribution < 1.29 is 9.53 Å². The second-order valence-electron chi connectivity index (χ2n) is 4.47. The number of fused-ring (bicyclic) bond motifs is 1. The highest BCUT2D eigenvalue weighted by Gasteiger charge is 2.21. The number of hydrogen-bond donors (Lipinski definition) is 1. The Bertz CT molecular complexity index is 639. The van der Waals surface area contributed by atoms with Crippen molar-refractivity contribution in [1.82, 2.24) is 9.78 Å². The molecule has 1 amide bonds. The minimum Gasteiger partial charge on any atom is -0.477 e. The standard InChI is InChI=1S/C14H15N3O2S/c1-20-11-5-2-4-10(8-11)16-13(18)12-9-15-17-6-3-7-19-14(12)17/h2,4-5,8-9H,3,6-7H2,1H3,(H,16,18). The van der Waals surface area contributed by atoms with E-state index in [1.807, 2.05) is 30.5 Å². The zero-order chi connectivity index (χ0) is 13.9. The van der Waals surface area contributed by atoms with Crippen LogP contribution in [0.2, 0.25) is 0 Å². The van der Waals surface area contributed by atoms with Gasteiger partial charge in [-0.3, -0.25) is 4.79 Å². The number of thioether (sulfide) groups is 1. The van der Waals surface area contributed by atoms with Gasteiger partial charge in [0.2, 0.25) is 5.88 Å². The van der Waals surface area contributed by atoms with Gasteiger partial charge in [0, 0.05) is 23.5 Å². The first-order valence-corrected chi connectivity index (χ1v) is 7.64. The van der Waals surface area contributed by atoms with Gasteiger partial charge in [-0.1, -0.05) is 6.07 Å². The van der Waals surface area contributed by atoms with Crippen molar-refractivity contribution in [3.8, 4) is 5.88 Å². The van der Waals surface area contributed by atoms with E-state index in [2.05, 4.69) is 10.4 Å². The van der Waals surface area contributed by atoms with Crippen molar-refractivity contribution in [2.75, 3.05) is 18.2 Å². The summed E-state index contributed by atoms with van der Waals surface area (Å²) >= 11 is 1.64. The van der Waals surface area contributed by atoms with Crippen molar-refractivity contribution in [1.29, 1.82) is 0 Å². The molecule has 1 N–H and O–H groups in total. The van der Waals surface area contributed by atoms with Crippen LogP contribution >= 0.6 is 11.8 Å². The number of amides is 1. The van der Waals surface area contributed by atoms with Crippen molar-refractivity contribution in [2.45, 2.75) is 17.9 Å². The van der Waals surface area contributed by atoms with Crippen LogP contribution in [0.3, 0.4) is 0 Å². The second-order valence-corrected chi connectivity index (χ2v) is 5.35. The predicted octanol–water partition coefficient (Wildman–Crippen LogP) is 2.64. The zero-order valence-corrected chi connectivity index (χ0v) is 11.9. The van der Waals surface area contributed by atoms with E-state index in [0.29, 0.717) is 18.1 Å². The molecule has 3 rings (SSSR count). The number of ether oxygens (including phenoxy) is 1. The Balaban J connectivity index is 1.80. The number of hydrogen-bond acceptors (Lipinski definition) is 4. The Hall–Kier alpha value is -1.95. The Kier molecular flexibility index (Phi) is 3.64. The van der Waals surface area contributed by atoms with E-state index in [1.165, 1.54) is 0 Å². The summed E-state index contributed by atoms with van der Waals surface area (Å²) < 4.78 is 7.27. The van der Waals surface area contributed by atoms with Crippen LogP contribution in [-0.2, 0) is 6.54 Å². The molecule has 20 heavy (non-hydrogen) atoms. The quantitative estimate of drug-likeness (QED) is 0.883. The van der Waals surface area contributed by atoms with Crippen molar-refractivity contribution in [3.63, 3.8) is 0 Å². The van der Waals surface area contributed by atoms with Crippen LogP contribution in [0.4, 0.5) is 5.69 Å². The van der Waals surface area contributed by atoms with Crippen molar-refractivity contribution in [3.05, 3.63) is 36.0 Å². The van der Waals surface area contributed by atoms with E-state index in [4.69, 9.17) is 4.74 Å². The van der Waals surface area contributed by atoms with Gasteiger partial charge in [-0.25, -0.2) is 4.68 Å². The average Bonchev–Trinajstić information content (AvgIpc) is 2.91. The third-order valence-corrected chi connectivity index (χ3v) is 3.84. The first-order valence-electron chi connectivity index (χ1n) is 6.42. The van der Waals surface area contributed by atoms with Gasteiger partial charge in [-0.05, 0) is 24.5 Å². The van der Waals surface area contributed by atoms with Gasteiger partial charge in [-0.2, -0.15) is 5.10 Å². The van der Waals surface area contributed by atoms with Gasteiger partial charge in [0.05, 0.1) is 12.8 Å². The number of aryl methyl sites for hydroxylation is 1. The van der Waals surface area contributed by atoms with E-state index in [1.54, 1.807) is 22.6 Å². The predicted molar refractivity (Wildman–Crippen MR) is 78.5 cm³/mol. The molecule has 6 heteroatoms. The van der Waals surface area contributed by atoms with Crippen LogP contribution < -0.4 is 10.1 Å². The van der Waals surface area contributed by atoms with Crippen LogP contribution in [-0.4, -0.2) is 28.6 Å². The molecule has 0 unspecified atom stereocenters. The molecule has 1 aromatic heterocycles. The van der Waals surface area contributed by atoms with Crippen LogP contribution in [0.1, 0.15) is 16.8 Å². The number of carbonyl (C=O) groups is 1. The van der Waals surface area contributed by atoms with Crippen molar-refractivity contribution in [2.24, 2.45) is 0 Å². The van der Waals surface area contributed by atoms with Crippen LogP contribution in [0.25, 0.3) is 0 Å². The molecular weight excluding hydrogens is 274 g/mol. The van der Waals surface area contributed by atoms with E-state index in [0.717, 1.165) is 23.5 Å². The lowest BCUT2D eigenvalue weighted by molar-refractivity contribution is 0.102. The Labute approximate surface area is 121 Å². The number of anilines is 1. The maximum atomic E-state index is 12.3. The van der Waals surface area contributed by atoms with E-state index < -0.39 is 0 Å². The van der Waals surface area contributed by atoms with Crippen molar-refractivity contribution >= 4 is 23.4 Å². The monoisotopic (exact) mass is 289 g/mol. The third-order valence-electron chi connectivity index (χ3n) is 3.12. The summed E-state index contributed by atoms with van der Waals surface area (Å²) in [4.78, 5) is 13.4. The number of rotatable bonds is 3. The first-order chi connectivity index (χ1) is 9.78. The minimum atomic E-state index is -0.189. The first kappa shape index (κ1) is 13.1. The Morgan fingerprint density at radius 1 is 1.50 bits per heavy atom. The molecule has 0 saturated heterocycles. The molecule has 0 aliphatic carbocycles. The molecule has 2 heterocycles. The highest BCUT2D eigenvalue weighted by Crippen LogP contribution is 2.24. The maximum Gasteiger partial charge on any atom is 0.262 e. The molecule has 104 valence electrons. The molecule has 0 saturated carbocycles. The highest BCUT2D eigenvalue weighted by molar-refractivity contribution is 7.98. The lowest BCUT2D eigenvalue weighted by Gasteiger charge is -2.15. The number of benzene rings is 1. The topological polar surface area (TPSA) is 56.2 Å². The number of carbonyl (C=O) groups excluding carboxylic acids is 1. The van der Waals surface area contributed by atoms with E-state index in [9.17, 15) is 4.79 Å². The molecular formula is C14H15N3O2S. The van der Waals surface area contributed by atoms with Gasteiger partial charge in [-0.15, -0.1) is 11.8 Å². The molecule has 1 aromatic carbocycles. The number of aromatic nitrogens is 2. The fourth-order valence-electron chi connectivity index (χ4n) is 2.12. The maximum absolute atomic E-state index is 12.3. The fraction of sp³-hybridized carbons (Fsp3) is 0.286. The molecule has 0 bridgehead atoms. The smallest absolute Gasteiger partial charge is 0.262 e. The summed E-state index contributed by atoms with van der Waals surface area (Å²) in [5.74, 6) is 0.376. The van der Waals surface area contributed by atoms with Crippen LogP contribution in [0.5, 0.6) is 5.88 Å². The largest absolute Gasteiger partial charge is 0.477 e. The molecule has 5 nitrogen and oxygen atoms in total. The normalized spacial score (nSPS) is 13.4. The fourth-order valence-corrected chi connectivity index (χ4v) is 2.58. The van der Waals surface area contributed by atoms with Gasteiger partial charge >= 0.3 is 0 Å². The summed E-state index contributed by atoms with van der Waals surface area (Å²) in [6.07, 6.45) is 4.49. The summed E-state index contributed by atoms with van der Waals surface area (Å²) in [6, 6.07) is 7.74. The molecule has 0 spiro atoms. The lowest BCUT2D eigenvalue weighted by atomic mass is 10.2. The SMILES string of the molecule is CSc1cccc(NC(=O)c2cnn3c2OCCC3)c1. The molecule has 2 aromatic rings. The molecule has 0 atom stereocenters. The molecule has 1 aliphatic rings.